The first-order valence-electron chi connectivity index (χ1n) is 5.27. The highest BCUT2D eigenvalue weighted by atomic mass is 35.5. The lowest BCUT2D eigenvalue weighted by Gasteiger charge is -2.08. The van der Waals surface area contributed by atoms with Crippen LogP contribution >= 0.6 is 11.6 Å². The molecule has 0 radical (unpaired) electrons. The molecule has 0 unspecified atom stereocenters. The molecule has 0 spiro atoms. The minimum atomic E-state index is 0.471. The van der Waals surface area contributed by atoms with E-state index in [9.17, 15) is 0 Å². The zero-order valence-electron chi connectivity index (χ0n) is 9.96. The Morgan fingerprint density at radius 3 is 2.83 bits per heavy atom. The molecule has 5 nitrogen and oxygen atoms in total. The van der Waals surface area contributed by atoms with Gasteiger partial charge in [0.1, 0.15) is 5.75 Å². The van der Waals surface area contributed by atoms with Crippen LogP contribution in [-0.4, -0.2) is 21.2 Å². The van der Waals surface area contributed by atoms with Gasteiger partial charge in [-0.05, 0) is 19.1 Å². The van der Waals surface area contributed by atoms with Gasteiger partial charge in [0, 0.05) is 7.05 Å². The van der Waals surface area contributed by atoms with Gasteiger partial charge in [-0.1, -0.05) is 28.9 Å². The first-order valence-corrected chi connectivity index (χ1v) is 5.64. The Balaban J connectivity index is 2.43. The van der Waals surface area contributed by atoms with Crippen LogP contribution in [-0.2, 0) is 7.05 Å². The third-order valence-electron chi connectivity index (χ3n) is 2.44. The number of rotatable bonds is 3. The highest BCUT2D eigenvalue weighted by Crippen LogP contribution is 2.31. The molecule has 1 N–H and O–H groups in total. The molecule has 94 valence electrons. The number of benzene rings is 1. The molecular weight excluding hydrogens is 254 g/mol. The molecule has 6 heteroatoms. The Labute approximate surface area is 109 Å². The number of hydrogen-bond acceptors (Lipinski definition) is 4. The minimum absolute atomic E-state index is 0.471. The molecule has 1 heterocycles. The molecule has 0 saturated heterocycles. The van der Waals surface area contributed by atoms with Gasteiger partial charge in [0.2, 0.25) is 5.88 Å². The minimum Gasteiger partial charge on any atom is -0.437 e. The fourth-order valence-electron chi connectivity index (χ4n) is 1.61. The van der Waals surface area contributed by atoms with E-state index in [1.54, 1.807) is 30.8 Å². The lowest BCUT2D eigenvalue weighted by molar-refractivity contribution is 0.321. The Morgan fingerprint density at radius 2 is 2.17 bits per heavy atom. The van der Waals surface area contributed by atoms with Gasteiger partial charge in [-0.25, -0.2) is 4.68 Å². The van der Waals surface area contributed by atoms with Crippen LogP contribution in [0, 0.1) is 6.92 Å². The standard InChI is InChI=1S/C12H12ClN3O2/c1-8-9(7-14-17)12(16(2)15-8)18-11-6-4-3-5-10(11)13/h3-7,17H,1-2H3. The summed E-state index contributed by atoms with van der Waals surface area (Å²) in [5, 5.41) is 16.4. The van der Waals surface area contributed by atoms with E-state index >= 15 is 0 Å². The Bertz CT molecular complexity index is 593. The maximum Gasteiger partial charge on any atom is 0.226 e. The fourth-order valence-corrected chi connectivity index (χ4v) is 1.79. The first-order chi connectivity index (χ1) is 8.63. The molecule has 0 atom stereocenters. The van der Waals surface area contributed by atoms with E-state index in [-0.39, 0.29) is 0 Å². The molecule has 2 rings (SSSR count). The molecule has 0 saturated carbocycles. The smallest absolute Gasteiger partial charge is 0.226 e. The normalized spacial score (nSPS) is 11.1. The van der Waals surface area contributed by atoms with Crippen LogP contribution in [0.5, 0.6) is 11.6 Å². The Hall–Kier alpha value is -2.01. The maximum atomic E-state index is 8.65. The molecule has 1 aromatic heterocycles. The second-order valence-electron chi connectivity index (χ2n) is 3.70. The predicted octanol–water partition coefficient (Wildman–Crippen LogP) is 2.98. The van der Waals surface area contributed by atoms with Crippen molar-refractivity contribution in [3.05, 3.63) is 40.5 Å². The summed E-state index contributed by atoms with van der Waals surface area (Å²) >= 11 is 6.03. The van der Waals surface area contributed by atoms with Crippen molar-refractivity contribution in [2.75, 3.05) is 0 Å². The number of aromatic nitrogens is 2. The molecule has 1 aromatic carbocycles. The number of halogens is 1. The van der Waals surface area contributed by atoms with Gasteiger partial charge >= 0.3 is 0 Å². The summed E-state index contributed by atoms with van der Waals surface area (Å²) in [6.45, 7) is 1.80. The van der Waals surface area contributed by atoms with Crippen LogP contribution in [0.3, 0.4) is 0 Å². The fraction of sp³-hybridized carbons (Fsp3) is 0.167. The molecule has 0 aliphatic heterocycles. The average molecular weight is 266 g/mol. The van der Waals surface area contributed by atoms with Crippen molar-refractivity contribution in [2.45, 2.75) is 6.92 Å². The van der Waals surface area contributed by atoms with Crippen molar-refractivity contribution in [2.24, 2.45) is 12.2 Å². The predicted molar refractivity (Wildman–Crippen MR) is 68.9 cm³/mol. The second-order valence-corrected chi connectivity index (χ2v) is 4.11. The van der Waals surface area contributed by atoms with Gasteiger partial charge in [0.05, 0.1) is 22.5 Å². The van der Waals surface area contributed by atoms with Crippen molar-refractivity contribution in [1.82, 2.24) is 9.78 Å². The van der Waals surface area contributed by atoms with Gasteiger partial charge in [-0.15, -0.1) is 0 Å². The quantitative estimate of drug-likeness (QED) is 0.527. The van der Waals surface area contributed by atoms with E-state index < -0.39 is 0 Å². The number of aryl methyl sites for hydroxylation is 2. The molecule has 0 bridgehead atoms. The number of para-hydroxylation sites is 1. The molecular formula is C12H12ClN3O2. The second kappa shape index (κ2) is 5.10. The van der Waals surface area contributed by atoms with Crippen molar-refractivity contribution < 1.29 is 9.94 Å². The third-order valence-corrected chi connectivity index (χ3v) is 2.76. The number of nitrogens with zero attached hydrogens (tertiary/aromatic N) is 3. The number of oxime groups is 1. The van der Waals surface area contributed by atoms with E-state index in [2.05, 4.69) is 10.3 Å². The van der Waals surface area contributed by atoms with Gasteiger partial charge in [0.15, 0.2) is 0 Å². The zero-order chi connectivity index (χ0) is 13.1. The Kier molecular flexibility index (Phi) is 3.53. The van der Waals surface area contributed by atoms with E-state index in [0.717, 1.165) is 0 Å². The number of hydrogen-bond donors (Lipinski definition) is 1. The average Bonchev–Trinajstić information content (AvgIpc) is 2.59. The highest BCUT2D eigenvalue weighted by Gasteiger charge is 2.15. The van der Waals surface area contributed by atoms with Crippen molar-refractivity contribution >= 4 is 17.8 Å². The first kappa shape index (κ1) is 12.4. The summed E-state index contributed by atoms with van der Waals surface area (Å²) in [5.74, 6) is 0.994. The maximum absolute atomic E-state index is 8.65. The van der Waals surface area contributed by atoms with Crippen LogP contribution in [0.15, 0.2) is 29.4 Å². The van der Waals surface area contributed by atoms with E-state index in [1.165, 1.54) is 6.21 Å². The SMILES string of the molecule is Cc1nn(C)c(Oc2ccccc2Cl)c1C=NO. The van der Waals surface area contributed by atoms with Gasteiger partial charge in [-0.2, -0.15) is 5.10 Å². The van der Waals surface area contributed by atoms with Crippen molar-refractivity contribution in [3.8, 4) is 11.6 Å². The molecule has 2 aromatic rings. The van der Waals surface area contributed by atoms with Crippen LogP contribution in [0.25, 0.3) is 0 Å². The largest absolute Gasteiger partial charge is 0.437 e. The van der Waals surface area contributed by atoms with E-state index in [1.807, 2.05) is 12.1 Å². The monoisotopic (exact) mass is 265 g/mol. The van der Waals surface area contributed by atoms with Crippen LogP contribution in [0.4, 0.5) is 0 Å². The van der Waals surface area contributed by atoms with E-state index in [0.29, 0.717) is 27.9 Å². The van der Waals surface area contributed by atoms with Gasteiger partial charge in [-0.3, -0.25) is 0 Å². The molecule has 0 aliphatic rings. The highest BCUT2D eigenvalue weighted by molar-refractivity contribution is 6.32. The van der Waals surface area contributed by atoms with Crippen LogP contribution < -0.4 is 4.74 Å². The summed E-state index contributed by atoms with van der Waals surface area (Å²) < 4.78 is 7.28. The summed E-state index contributed by atoms with van der Waals surface area (Å²) in [4.78, 5) is 0. The number of ether oxygens (including phenoxy) is 1. The molecule has 18 heavy (non-hydrogen) atoms. The van der Waals surface area contributed by atoms with E-state index in [4.69, 9.17) is 21.5 Å². The Morgan fingerprint density at radius 1 is 1.44 bits per heavy atom. The van der Waals surface area contributed by atoms with Crippen LogP contribution in [0.2, 0.25) is 5.02 Å². The summed E-state index contributed by atoms with van der Waals surface area (Å²) in [5.41, 5.74) is 1.32. The summed E-state index contributed by atoms with van der Waals surface area (Å²) in [6, 6.07) is 7.13. The summed E-state index contributed by atoms with van der Waals surface area (Å²) in [7, 11) is 1.74. The third kappa shape index (κ3) is 2.31. The molecule has 0 fully saturated rings. The van der Waals surface area contributed by atoms with Crippen molar-refractivity contribution in [1.29, 1.82) is 0 Å². The topological polar surface area (TPSA) is 59.6 Å². The van der Waals surface area contributed by atoms with Gasteiger partial charge < -0.3 is 9.94 Å². The zero-order valence-corrected chi connectivity index (χ0v) is 10.7. The van der Waals surface area contributed by atoms with Crippen molar-refractivity contribution in [3.63, 3.8) is 0 Å². The molecule has 0 aliphatic carbocycles. The lowest BCUT2D eigenvalue weighted by Crippen LogP contribution is -1.97. The van der Waals surface area contributed by atoms with Crippen LogP contribution in [0.1, 0.15) is 11.3 Å². The molecule has 0 amide bonds. The summed E-state index contributed by atoms with van der Waals surface area (Å²) in [6.07, 6.45) is 1.29. The lowest BCUT2D eigenvalue weighted by atomic mass is 10.3. The van der Waals surface area contributed by atoms with Gasteiger partial charge in [0.25, 0.3) is 0 Å².